The van der Waals surface area contributed by atoms with E-state index in [4.69, 9.17) is 4.74 Å². The quantitative estimate of drug-likeness (QED) is 0.719. The molecular weight excluding hydrogens is 406 g/mol. The molecule has 2 aromatic rings. The van der Waals surface area contributed by atoms with Gasteiger partial charge in [-0.15, -0.1) is 0 Å². The van der Waals surface area contributed by atoms with E-state index in [0.717, 1.165) is 44.1 Å². The van der Waals surface area contributed by atoms with Crippen LogP contribution < -0.4 is 15.5 Å². The van der Waals surface area contributed by atoms with E-state index in [1.807, 2.05) is 28.8 Å². The van der Waals surface area contributed by atoms with Gasteiger partial charge >= 0.3 is 0 Å². The van der Waals surface area contributed by atoms with Crippen LogP contribution in [0.2, 0.25) is 0 Å². The molecule has 4 rings (SSSR count). The molecule has 0 radical (unpaired) electrons. The SMILES string of the molecule is COc1cccc(CN(C)C(=O)c2cn(C3CCCCC3)cc(C(=O)NC3CC3)c2=O)c1. The maximum absolute atomic E-state index is 13.3. The highest BCUT2D eigenvalue weighted by molar-refractivity contribution is 5.99. The van der Waals surface area contributed by atoms with Gasteiger partial charge in [0.05, 0.1) is 7.11 Å². The van der Waals surface area contributed by atoms with Gasteiger partial charge in [0.25, 0.3) is 11.8 Å². The Morgan fingerprint density at radius 1 is 1.09 bits per heavy atom. The summed E-state index contributed by atoms with van der Waals surface area (Å²) in [7, 11) is 3.27. The Kier molecular flexibility index (Phi) is 6.63. The fraction of sp³-hybridized carbons (Fsp3) is 0.480. The monoisotopic (exact) mass is 437 g/mol. The van der Waals surface area contributed by atoms with Crippen molar-refractivity contribution in [2.45, 2.75) is 63.6 Å². The highest BCUT2D eigenvalue weighted by atomic mass is 16.5. The van der Waals surface area contributed by atoms with E-state index in [-0.39, 0.29) is 35.0 Å². The number of nitrogens with zero attached hydrogens (tertiary/aromatic N) is 2. The molecule has 0 aliphatic heterocycles. The maximum Gasteiger partial charge on any atom is 0.259 e. The molecule has 2 amide bonds. The molecule has 1 aromatic heterocycles. The standard InChI is InChI=1S/C25H31N3O4/c1-27(14-17-7-6-10-20(13-17)32-2)25(31)22-16-28(19-8-4-3-5-9-19)15-21(23(22)29)24(30)26-18-11-12-18/h6-7,10,13,15-16,18-19H,3-5,8-9,11-12,14H2,1-2H3,(H,26,30). The van der Waals surface area contributed by atoms with Gasteiger partial charge in [-0.25, -0.2) is 0 Å². The number of hydrogen-bond donors (Lipinski definition) is 1. The third kappa shape index (κ3) is 5.03. The van der Waals surface area contributed by atoms with E-state index in [1.165, 1.54) is 11.3 Å². The predicted molar refractivity (Wildman–Crippen MR) is 122 cm³/mol. The Balaban J connectivity index is 1.64. The molecule has 0 atom stereocenters. The van der Waals surface area contributed by atoms with E-state index < -0.39 is 5.43 Å². The minimum absolute atomic E-state index is 0.0458. The molecule has 7 heteroatoms. The first-order chi connectivity index (χ1) is 15.5. The lowest BCUT2D eigenvalue weighted by molar-refractivity contribution is 0.0782. The number of rotatable bonds is 7. The Bertz CT molecular complexity index is 1050. The number of carbonyl (C=O) groups is 2. The smallest absolute Gasteiger partial charge is 0.259 e. The van der Waals surface area contributed by atoms with Gasteiger partial charge in [0.1, 0.15) is 16.9 Å². The molecule has 1 N–H and O–H groups in total. The summed E-state index contributed by atoms with van der Waals surface area (Å²) in [6.07, 6.45) is 10.6. The molecule has 32 heavy (non-hydrogen) atoms. The van der Waals surface area contributed by atoms with Crippen LogP contribution in [0.3, 0.4) is 0 Å². The third-order valence-corrected chi connectivity index (χ3v) is 6.33. The summed E-state index contributed by atoms with van der Waals surface area (Å²) in [4.78, 5) is 40.8. The fourth-order valence-electron chi connectivity index (χ4n) is 4.31. The largest absolute Gasteiger partial charge is 0.497 e. The van der Waals surface area contributed by atoms with Crippen LogP contribution in [-0.4, -0.2) is 41.5 Å². The summed E-state index contributed by atoms with van der Waals surface area (Å²) >= 11 is 0. The van der Waals surface area contributed by atoms with Crippen LogP contribution in [0.15, 0.2) is 41.5 Å². The van der Waals surface area contributed by atoms with E-state index in [2.05, 4.69) is 5.32 Å². The molecule has 1 heterocycles. The van der Waals surface area contributed by atoms with E-state index in [0.29, 0.717) is 12.3 Å². The number of carbonyl (C=O) groups excluding carboxylic acids is 2. The Morgan fingerprint density at radius 2 is 1.81 bits per heavy atom. The number of ether oxygens (including phenoxy) is 1. The third-order valence-electron chi connectivity index (χ3n) is 6.33. The van der Waals surface area contributed by atoms with Crippen molar-refractivity contribution in [1.82, 2.24) is 14.8 Å². The van der Waals surface area contributed by atoms with Crippen LogP contribution in [-0.2, 0) is 6.54 Å². The molecule has 2 aliphatic rings. The van der Waals surface area contributed by atoms with Crippen LogP contribution in [0, 0.1) is 0 Å². The molecule has 0 unspecified atom stereocenters. The highest BCUT2D eigenvalue weighted by Crippen LogP contribution is 2.28. The van der Waals surface area contributed by atoms with Crippen LogP contribution >= 0.6 is 0 Å². The molecule has 7 nitrogen and oxygen atoms in total. The second-order valence-electron chi connectivity index (χ2n) is 8.91. The van der Waals surface area contributed by atoms with Gasteiger partial charge in [0, 0.05) is 38.1 Å². The van der Waals surface area contributed by atoms with Crippen molar-refractivity contribution in [3.8, 4) is 5.75 Å². The number of methoxy groups -OCH3 is 1. The topological polar surface area (TPSA) is 80.6 Å². The zero-order valence-corrected chi connectivity index (χ0v) is 18.8. The number of pyridine rings is 1. The first-order valence-corrected chi connectivity index (χ1v) is 11.4. The zero-order chi connectivity index (χ0) is 22.7. The first kappa shape index (κ1) is 22.1. The van der Waals surface area contributed by atoms with Crippen LogP contribution in [0.4, 0.5) is 0 Å². The fourth-order valence-corrected chi connectivity index (χ4v) is 4.31. The number of hydrogen-bond acceptors (Lipinski definition) is 4. The molecule has 0 spiro atoms. The van der Waals surface area contributed by atoms with Gasteiger partial charge in [-0.2, -0.15) is 0 Å². The van der Waals surface area contributed by atoms with Crippen molar-refractivity contribution in [2.75, 3.05) is 14.2 Å². The summed E-state index contributed by atoms with van der Waals surface area (Å²) in [5.74, 6) is -0.0580. The zero-order valence-electron chi connectivity index (χ0n) is 18.8. The van der Waals surface area contributed by atoms with Gasteiger partial charge in [-0.05, 0) is 43.4 Å². The number of amides is 2. The molecular formula is C25H31N3O4. The number of aromatic nitrogens is 1. The van der Waals surface area contributed by atoms with E-state index in [1.54, 1.807) is 26.6 Å². The lowest BCUT2D eigenvalue weighted by Gasteiger charge is -2.26. The van der Waals surface area contributed by atoms with E-state index >= 15 is 0 Å². The molecule has 2 aliphatic carbocycles. The molecule has 170 valence electrons. The van der Waals surface area contributed by atoms with Crippen molar-refractivity contribution >= 4 is 11.8 Å². The van der Waals surface area contributed by atoms with Crippen LogP contribution in [0.25, 0.3) is 0 Å². The Hall–Kier alpha value is -3.09. The lowest BCUT2D eigenvalue weighted by atomic mass is 9.95. The lowest BCUT2D eigenvalue weighted by Crippen LogP contribution is -2.37. The van der Waals surface area contributed by atoms with Gasteiger partial charge in [0.15, 0.2) is 0 Å². The molecule has 0 bridgehead atoms. The minimum atomic E-state index is -0.502. The number of benzene rings is 1. The van der Waals surface area contributed by atoms with Crippen molar-refractivity contribution < 1.29 is 14.3 Å². The summed E-state index contributed by atoms with van der Waals surface area (Å²) in [6.45, 7) is 0.331. The molecule has 2 fully saturated rings. The molecule has 2 saturated carbocycles. The average Bonchev–Trinajstić information content (AvgIpc) is 3.63. The van der Waals surface area contributed by atoms with E-state index in [9.17, 15) is 14.4 Å². The minimum Gasteiger partial charge on any atom is -0.497 e. The Morgan fingerprint density at radius 3 is 2.50 bits per heavy atom. The van der Waals surface area contributed by atoms with Crippen molar-refractivity contribution in [1.29, 1.82) is 0 Å². The first-order valence-electron chi connectivity index (χ1n) is 11.4. The summed E-state index contributed by atoms with van der Waals surface area (Å²) in [5, 5.41) is 2.90. The normalized spacial score (nSPS) is 16.4. The van der Waals surface area contributed by atoms with Crippen molar-refractivity contribution in [2.24, 2.45) is 0 Å². The summed E-state index contributed by atoms with van der Waals surface area (Å²) in [5.41, 5.74) is 0.501. The summed E-state index contributed by atoms with van der Waals surface area (Å²) in [6, 6.07) is 7.82. The van der Waals surface area contributed by atoms with Gasteiger partial charge < -0.3 is 19.5 Å². The van der Waals surface area contributed by atoms with Gasteiger partial charge in [-0.3, -0.25) is 14.4 Å². The van der Waals surface area contributed by atoms with Gasteiger partial charge in [-0.1, -0.05) is 31.4 Å². The average molecular weight is 438 g/mol. The summed E-state index contributed by atoms with van der Waals surface area (Å²) < 4.78 is 7.19. The van der Waals surface area contributed by atoms with Crippen LogP contribution in [0.1, 0.15) is 77.3 Å². The van der Waals surface area contributed by atoms with Crippen molar-refractivity contribution in [3.05, 3.63) is 63.6 Å². The van der Waals surface area contributed by atoms with Crippen molar-refractivity contribution in [3.63, 3.8) is 0 Å². The predicted octanol–water partition coefficient (Wildman–Crippen LogP) is 3.53. The van der Waals surface area contributed by atoms with Gasteiger partial charge in [0.2, 0.25) is 5.43 Å². The second-order valence-corrected chi connectivity index (χ2v) is 8.91. The molecule has 0 saturated heterocycles. The molecule has 1 aromatic carbocycles. The maximum atomic E-state index is 13.3. The second kappa shape index (κ2) is 9.59. The highest BCUT2D eigenvalue weighted by Gasteiger charge is 2.28. The van der Waals surface area contributed by atoms with Crippen LogP contribution in [0.5, 0.6) is 5.75 Å². The Labute approximate surface area is 188 Å². The number of nitrogens with one attached hydrogen (secondary N) is 1.